The van der Waals surface area contributed by atoms with Crippen molar-refractivity contribution in [3.63, 3.8) is 0 Å². The van der Waals surface area contributed by atoms with Gasteiger partial charge in [-0.1, -0.05) is 46.3 Å². The van der Waals surface area contributed by atoms with Gasteiger partial charge in [0.15, 0.2) is 0 Å². The lowest BCUT2D eigenvalue weighted by molar-refractivity contribution is -0.400. The van der Waals surface area contributed by atoms with Crippen LogP contribution in [0, 0.1) is 10.1 Å². The molecule has 0 spiro atoms. The highest BCUT2D eigenvalue weighted by atomic mass is 79.9. The molecule has 0 saturated heterocycles. The number of ether oxygens (including phenoxy) is 1. The Morgan fingerprint density at radius 3 is 2.65 bits per heavy atom. The molecule has 5 heteroatoms. The smallest absolute Gasteiger partial charge is 0.235 e. The molecule has 0 fully saturated rings. The normalized spacial score (nSPS) is 10.7. The third kappa shape index (κ3) is 4.20. The number of nitrogens with zero attached hydrogens (tertiary/aromatic N) is 1. The highest BCUT2D eigenvalue weighted by molar-refractivity contribution is 9.10. The Balaban J connectivity index is 2.09. The maximum atomic E-state index is 10.4. The van der Waals surface area contributed by atoms with Crippen molar-refractivity contribution in [3.05, 3.63) is 80.4 Å². The number of benzene rings is 2. The lowest BCUT2D eigenvalue weighted by Crippen LogP contribution is -1.95. The Kier molecular flexibility index (Phi) is 4.90. The predicted octanol–water partition coefficient (Wildman–Crippen LogP) is 4.28. The van der Waals surface area contributed by atoms with Gasteiger partial charge in [0, 0.05) is 10.5 Å². The average Bonchev–Trinajstić information content (AvgIpc) is 2.46. The summed E-state index contributed by atoms with van der Waals surface area (Å²) in [5, 5.41) is 10.4. The zero-order valence-corrected chi connectivity index (χ0v) is 12.1. The van der Waals surface area contributed by atoms with E-state index in [1.807, 2.05) is 36.4 Å². The van der Waals surface area contributed by atoms with Gasteiger partial charge in [-0.2, -0.15) is 0 Å². The van der Waals surface area contributed by atoms with E-state index in [0.29, 0.717) is 17.9 Å². The van der Waals surface area contributed by atoms with Crippen LogP contribution in [0.4, 0.5) is 0 Å². The molecule has 0 heterocycles. The van der Waals surface area contributed by atoms with Crippen molar-refractivity contribution in [2.24, 2.45) is 0 Å². The molecule has 0 N–H and O–H groups in total. The van der Waals surface area contributed by atoms with Crippen LogP contribution >= 0.6 is 15.9 Å². The van der Waals surface area contributed by atoms with E-state index in [-0.39, 0.29) is 0 Å². The van der Waals surface area contributed by atoms with Crippen LogP contribution in [0.15, 0.2) is 59.2 Å². The second kappa shape index (κ2) is 6.86. The van der Waals surface area contributed by atoms with Gasteiger partial charge in [-0.05, 0) is 29.3 Å². The molecular weight excluding hydrogens is 322 g/mol. The van der Waals surface area contributed by atoms with Crippen LogP contribution in [-0.2, 0) is 6.61 Å². The van der Waals surface area contributed by atoms with Gasteiger partial charge in [-0.3, -0.25) is 10.1 Å². The summed E-state index contributed by atoms with van der Waals surface area (Å²) in [6.07, 6.45) is 2.33. The summed E-state index contributed by atoms with van der Waals surface area (Å²) in [7, 11) is 0. The van der Waals surface area contributed by atoms with E-state index in [1.165, 1.54) is 6.08 Å². The maximum Gasteiger partial charge on any atom is 0.235 e. The number of halogens is 1. The van der Waals surface area contributed by atoms with Crippen LogP contribution < -0.4 is 4.74 Å². The molecule has 0 aliphatic heterocycles. The summed E-state index contributed by atoms with van der Waals surface area (Å²) in [4.78, 5) is 9.86. The largest absolute Gasteiger partial charge is 0.489 e. The van der Waals surface area contributed by atoms with Crippen molar-refractivity contribution in [1.29, 1.82) is 0 Å². The number of nitro groups is 1. The summed E-state index contributed by atoms with van der Waals surface area (Å²) >= 11 is 3.35. The van der Waals surface area contributed by atoms with Crippen LogP contribution in [0.25, 0.3) is 6.08 Å². The van der Waals surface area contributed by atoms with Gasteiger partial charge in [0.2, 0.25) is 6.20 Å². The maximum absolute atomic E-state index is 10.4. The molecule has 4 nitrogen and oxygen atoms in total. The van der Waals surface area contributed by atoms with Gasteiger partial charge in [0.1, 0.15) is 12.4 Å². The van der Waals surface area contributed by atoms with E-state index in [4.69, 9.17) is 4.74 Å². The lowest BCUT2D eigenvalue weighted by atomic mass is 10.2. The van der Waals surface area contributed by atoms with Crippen LogP contribution in [0.1, 0.15) is 11.1 Å². The Morgan fingerprint density at radius 2 is 1.95 bits per heavy atom. The third-order valence-electron chi connectivity index (χ3n) is 2.59. The lowest BCUT2D eigenvalue weighted by Gasteiger charge is -2.07. The van der Waals surface area contributed by atoms with Gasteiger partial charge < -0.3 is 4.74 Å². The molecule has 2 aromatic carbocycles. The number of rotatable bonds is 5. The standard InChI is InChI=1S/C15H12BrNO3/c16-15-7-6-14(10-13(15)8-9-17(18)19)20-11-12-4-2-1-3-5-12/h1-10H,11H2/b9-8+. The van der Waals surface area contributed by atoms with Gasteiger partial charge in [-0.15, -0.1) is 0 Å². The zero-order valence-electron chi connectivity index (χ0n) is 10.5. The minimum Gasteiger partial charge on any atom is -0.489 e. The fraction of sp³-hybridized carbons (Fsp3) is 0.0667. The topological polar surface area (TPSA) is 52.4 Å². The fourth-order valence-electron chi connectivity index (χ4n) is 1.62. The first-order valence-electron chi connectivity index (χ1n) is 5.93. The van der Waals surface area contributed by atoms with Gasteiger partial charge in [-0.25, -0.2) is 0 Å². The Morgan fingerprint density at radius 1 is 1.20 bits per heavy atom. The molecule has 0 aliphatic rings. The molecule has 0 bridgehead atoms. The molecule has 0 unspecified atom stereocenters. The van der Waals surface area contributed by atoms with E-state index >= 15 is 0 Å². The molecule has 20 heavy (non-hydrogen) atoms. The molecule has 0 aromatic heterocycles. The summed E-state index contributed by atoms with van der Waals surface area (Å²) in [6, 6.07) is 15.2. The van der Waals surface area contributed by atoms with E-state index in [1.54, 1.807) is 12.1 Å². The highest BCUT2D eigenvalue weighted by Crippen LogP contribution is 2.24. The van der Waals surface area contributed by atoms with E-state index in [0.717, 1.165) is 16.2 Å². The third-order valence-corrected chi connectivity index (χ3v) is 3.31. The van der Waals surface area contributed by atoms with Gasteiger partial charge in [0.05, 0.1) is 4.92 Å². The quantitative estimate of drug-likeness (QED) is 0.606. The van der Waals surface area contributed by atoms with E-state index in [2.05, 4.69) is 15.9 Å². The summed E-state index contributed by atoms with van der Waals surface area (Å²) in [6.45, 7) is 0.459. The van der Waals surface area contributed by atoms with Crippen LogP contribution in [0.5, 0.6) is 5.75 Å². The number of hydrogen-bond donors (Lipinski definition) is 0. The first-order chi connectivity index (χ1) is 9.65. The van der Waals surface area contributed by atoms with Gasteiger partial charge in [0.25, 0.3) is 0 Å². The Hall–Kier alpha value is -2.14. The highest BCUT2D eigenvalue weighted by Gasteiger charge is 2.02. The fourth-order valence-corrected chi connectivity index (χ4v) is 2.00. The molecule has 0 atom stereocenters. The first-order valence-corrected chi connectivity index (χ1v) is 6.72. The van der Waals surface area contributed by atoms with Crippen molar-refractivity contribution in [2.75, 3.05) is 0 Å². The van der Waals surface area contributed by atoms with Crippen molar-refractivity contribution in [2.45, 2.75) is 6.61 Å². The van der Waals surface area contributed by atoms with Crippen molar-refractivity contribution < 1.29 is 9.66 Å². The summed E-state index contributed by atoms with van der Waals surface area (Å²) in [5.74, 6) is 0.667. The van der Waals surface area contributed by atoms with Crippen LogP contribution in [-0.4, -0.2) is 4.92 Å². The molecule has 2 aromatic rings. The van der Waals surface area contributed by atoms with Crippen molar-refractivity contribution in [1.82, 2.24) is 0 Å². The minimum absolute atomic E-state index is 0.459. The average molecular weight is 334 g/mol. The van der Waals surface area contributed by atoms with Gasteiger partial charge >= 0.3 is 0 Å². The predicted molar refractivity (Wildman–Crippen MR) is 80.9 cm³/mol. The molecular formula is C15H12BrNO3. The van der Waals surface area contributed by atoms with Crippen LogP contribution in [0.2, 0.25) is 0 Å². The molecule has 0 saturated carbocycles. The Bertz CT molecular complexity index is 626. The summed E-state index contributed by atoms with van der Waals surface area (Å²) < 4.78 is 6.45. The second-order valence-electron chi connectivity index (χ2n) is 4.06. The molecule has 102 valence electrons. The van der Waals surface area contributed by atoms with Crippen LogP contribution in [0.3, 0.4) is 0 Å². The SMILES string of the molecule is O=[N+]([O-])/C=C/c1cc(OCc2ccccc2)ccc1Br. The first kappa shape index (κ1) is 14.3. The molecule has 0 aliphatic carbocycles. The van der Waals surface area contributed by atoms with E-state index in [9.17, 15) is 10.1 Å². The van der Waals surface area contributed by atoms with Crippen molar-refractivity contribution >= 4 is 22.0 Å². The minimum atomic E-state index is -0.496. The number of hydrogen-bond acceptors (Lipinski definition) is 3. The zero-order chi connectivity index (χ0) is 14.4. The molecule has 0 radical (unpaired) electrons. The van der Waals surface area contributed by atoms with Crippen molar-refractivity contribution in [3.8, 4) is 5.75 Å². The monoisotopic (exact) mass is 333 g/mol. The molecule has 0 amide bonds. The van der Waals surface area contributed by atoms with E-state index < -0.39 is 4.92 Å². The Labute approximate surface area is 125 Å². The summed E-state index contributed by atoms with van der Waals surface area (Å²) in [5.41, 5.74) is 1.77. The second-order valence-corrected chi connectivity index (χ2v) is 4.91. The molecule has 2 rings (SSSR count).